The first-order chi connectivity index (χ1) is 9.56. The second-order valence-electron chi connectivity index (χ2n) is 5.65. The van der Waals surface area contributed by atoms with Gasteiger partial charge in [-0.1, -0.05) is 13.8 Å². The number of amides is 2. The molecule has 1 aromatic rings. The van der Waals surface area contributed by atoms with E-state index in [9.17, 15) is 9.59 Å². The molecule has 5 nitrogen and oxygen atoms in total. The van der Waals surface area contributed by atoms with Gasteiger partial charge in [-0.2, -0.15) is 0 Å². The Balaban J connectivity index is 1.88. The smallest absolute Gasteiger partial charge is 0.229 e. The molecule has 0 aliphatic carbocycles. The van der Waals surface area contributed by atoms with Gasteiger partial charge in [-0.05, 0) is 24.5 Å². The Morgan fingerprint density at radius 2 is 2.35 bits per heavy atom. The SMILES string of the molecule is CC(C)CCN1C[C@H](C(=O)Nc2cccnc2)CC1=O. The highest BCUT2D eigenvalue weighted by atomic mass is 16.2. The van der Waals surface area contributed by atoms with Gasteiger partial charge in [-0.15, -0.1) is 0 Å². The number of anilines is 1. The first-order valence-corrected chi connectivity index (χ1v) is 7.05. The third-order valence-corrected chi connectivity index (χ3v) is 3.49. The predicted molar refractivity (Wildman–Crippen MR) is 77.0 cm³/mol. The summed E-state index contributed by atoms with van der Waals surface area (Å²) < 4.78 is 0. The van der Waals surface area contributed by atoms with E-state index in [0.29, 0.717) is 24.6 Å². The number of nitrogens with zero attached hydrogens (tertiary/aromatic N) is 2. The van der Waals surface area contributed by atoms with Crippen LogP contribution in [0.3, 0.4) is 0 Å². The van der Waals surface area contributed by atoms with Crippen molar-refractivity contribution in [3.05, 3.63) is 24.5 Å². The molecule has 0 unspecified atom stereocenters. The van der Waals surface area contributed by atoms with Gasteiger partial charge in [0.25, 0.3) is 0 Å². The van der Waals surface area contributed by atoms with E-state index < -0.39 is 0 Å². The minimum absolute atomic E-state index is 0.0805. The van der Waals surface area contributed by atoms with Crippen LogP contribution in [0.25, 0.3) is 0 Å². The van der Waals surface area contributed by atoms with E-state index in [2.05, 4.69) is 24.1 Å². The monoisotopic (exact) mass is 275 g/mol. The van der Waals surface area contributed by atoms with Crippen LogP contribution in [-0.2, 0) is 9.59 Å². The Morgan fingerprint density at radius 1 is 1.55 bits per heavy atom. The summed E-state index contributed by atoms with van der Waals surface area (Å²) in [6, 6.07) is 3.56. The summed E-state index contributed by atoms with van der Waals surface area (Å²) in [5.74, 6) is 0.288. The van der Waals surface area contributed by atoms with Crippen LogP contribution in [0.2, 0.25) is 0 Å². The van der Waals surface area contributed by atoms with Crippen molar-refractivity contribution in [3.8, 4) is 0 Å². The van der Waals surface area contributed by atoms with Crippen molar-refractivity contribution in [3.63, 3.8) is 0 Å². The van der Waals surface area contributed by atoms with Gasteiger partial charge in [0.2, 0.25) is 11.8 Å². The molecule has 1 fully saturated rings. The lowest BCUT2D eigenvalue weighted by atomic mass is 10.1. The van der Waals surface area contributed by atoms with E-state index in [1.54, 1.807) is 29.4 Å². The summed E-state index contributed by atoms with van der Waals surface area (Å²) in [6.07, 6.45) is 4.54. The number of hydrogen-bond donors (Lipinski definition) is 1. The van der Waals surface area contributed by atoms with Gasteiger partial charge >= 0.3 is 0 Å². The fraction of sp³-hybridized carbons (Fsp3) is 0.533. The highest BCUT2D eigenvalue weighted by Gasteiger charge is 2.33. The van der Waals surface area contributed by atoms with Crippen molar-refractivity contribution in [2.24, 2.45) is 11.8 Å². The Kier molecular flexibility index (Phi) is 4.71. The molecule has 1 atom stereocenters. The zero-order valence-corrected chi connectivity index (χ0v) is 12.0. The molecule has 108 valence electrons. The number of aromatic nitrogens is 1. The molecule has 0 spiro atoms. The summed E-state index contributed by atoms with van der Waals surface area (Å²) in [6.45, 7) is 5.53. The van der Waals surface area contributed by atoms with E-state index in [-0.39, 0.29) is 17.7 Å². The third-order valence-electron chi connectivity index (χ3n) is 3.49. The maximum absolute atomic E-state index is 12.1. The Hall–Kier alpha value is -1.91. The van der Waals surface area contributed by atoms with Crippen LogP contribution in [0, 0.1) is 11.8 Å². The normalized spacial score (nSPS) is 18.6. The van der Waals surface area contributed by atoms with Crippen molar-refractivity contribution in [1.29, 1.82) is 0 Å². The van der Waals surface area contributed by atoms with Crippen LogP contribution in [0.15, 0.2) is 24.5 Å². The zero-order valence-electron chi connectivity index (χ0n) is 12.0. The van der Waals surface area contributed by atoms with Gasteiger partial charge in [0, 0.05) is 25.7 Å². The maximum Gasteiger partial charge on any atom is 0.229 e. The van der Waals surface area contributed by atoms with Crippen molar-refractivity contribution < 1.29 is 9.59 Å². The average Bonchev–Trinajstić information content (AvgIpc) is 2.79. The van der Waals surface area contributed by atoms with E-state index in [1.165, 1.54) is 0 Å². The van der Waals surface area contributed by atoms with Gasteiger partial charge in [-0.3, -0.25) is 14.6 Å². The van der Waals surface area contributed by atoms with Crippen molar-refractivity contribution >= 4 is 17.5 Å². The average molecular weight is 275 g/mol. The summed E-state index contributed by atoms with van der Waals surface area (Å²) in [4.78, 5) is 29.8. The lowest BCUT2D eigenvalue weighted by Gasteiger charge is -2.17. The van der Waals surface area contributed by atoms with Gasteiger partial charge < -0.3 is 10.2 Å². The first-order valence-electron chi connectivity index (χ1n) is 7.05. The molecule has 2 amide bonds. The fourth-order valence-electron chi connectivity index (χ4n) is 2.26. The molecule has 20 heavy (non-hydrogen) atoms. The summed E-state index contributed by atoms with van der Waals surface area (Å²) in [7, 11) is 0. The molecule has 0 bridgehead atoms. The molecule has 2 heterocycles. The number of carbonyl (C=O) groups excluding carboxylic acids is 2. The lowest BCUT2D eigenvalue weighted by Crippen LogP contribution is -2.29. The minimum Gasteiger partial charge on any atom is -0.342 e. The molecule has 0 aromatic carbocycles. The lowest BCUT2D eigenvalue weighted by molar-refractivity contribution is -0.128. The Morgan fingerprint density at radius 3 is 3.00 bits per heavy atom. The van der Waals surface area contributed by atoms with Crippen LogP contribution < -0.4 is 5.32 Å². The molecule has 1 aliphatic heterocycles. The Labute approximate surface area is 119 Å². The first kappa shape index (κ1) is 14.5. The topological polar surface area (TPSA) is 62.3 Å². The largest absolute Gasteiger partial charge is 0.342 e. The summed E-state index contributed by atoms with van der Waals surface area (Å²) >= 11 is 0. The quantitative estimate of drug-likeness (QED) is 0.893. The Bertz CT molecular complexity index is 473. The molecule has 2 rings (SSSR count). The second-order valence-corrected chi connectivity index (χ2v) is 5.65. The molecule has 1 saturated heterocycles. The molecular formula is C15H21N3O2. The van der Waals surface area contributed by atoms with Crippen LogP contribution in [-0.4, -0.2) is 34.8 Å². The fourth-order valence-corrected chi connectivity index (χ4v) is 2.26. The van der Waals surface area contributed by atoms with Crippen molar-refractivity contribution in [2.45, 2.75) is 26.7 Å². The molecule has 0 saturated carbocycles. The summed E-state index contributed by atoms with van der Waals surface area (Å²) in [5.41, 5.74) is 0.672. The number of rotatable bonds is 5. The van der Waals surface area contributed by atoms with Gasteiger partial charge in [0.05, 0.1) is 17.8 Å². The van der Waals surface area contributed by atoms with Crippen LogP contribution in [0.5, 0.6) is 0 Å². The maximum atomic E-state index is 12.1. The molecule has 1 N–H and O–H groups in total. The van der Waals surface area contributed by atoms with Gasteiger partial charge in [0.15, 0.2) is 0 Å². The van der Waals surface area contributed by atoms with E-state index >= 15 is 0 Å². The molecular weight excluding hydrogens is 254 g/mol. The zero-order chi connectivity index (χ0) is 14.5. The van der Waals surface area contributed by atoms with E-state index in [4.69, 9.17) is 0 Å². The predicted octanol–water partition coefficient (Wildman–Crippen LogP) is 1.91. The van der Waals surface area contributed by atoms with Gasteiger partial charge in [-0.25, -0.2) is 0 Å². The van der Waals surface area contributed by atoms with E-state index in [1.807, 2.05) is 0 Å². The van der Waals surface area contributed by atoms with Gasteiger partial charge in [0.1, 0.15) is 0 Å². The number of pyridine rings is 1. The molecule has 1 aliphatic rings. The summed E-state index contributed by atoms with van der Waals surface area (Å²) in [5, 5.41) is 2.81. The van der Waals surface area contributed by atoms with E-state index in [0.717, 1.165) is 13.0 Å². The minimum atomic E-state index is -0.255. The van der Waals surface area contributed by atoms with Crippen LogP contribution >= 0.6 is 0 Å². The second kappa shape index (κ2) is 6.50. The van der Waals surface area contributed by atoms with Crippen molar-refractivity contribution in [1.82, 2.24) is 9.88 Å². The number of likely N-dealkylation sites (tertiary alicyclic amines) is 1. The number of carbonyl (C=O) groups is 2. The standard InChI is InChI=1S/C15H21N3O2/c1-11(2)5-7-18-10-12(8-14(18)19)15(20)17-13-4-3-6-16-9-13/h3-4,6,9,11-12H,5,7-8,10H2,1-2H3,(H,17,20)/t12-/m1/s1. The van der Waals surface area contributed by atoms with Crippen LogP contribution in [0.1, 0.15) is 26.7 Å². The van der Waals surface area contributed by atoms with Crippen LogP contribution in [0.4, 0.5) is 5.69 Å². The molecule has 1 aromatic heterocycles. The van der Waals surface area contributed by atoms with Crippen molar-refractivity contribution in [2.75, 3.05) is 18.4 Å². The number of nitrogens with one attached hydrogen (secondary N) is 1. The highest BCUT2D eigenvalue weighted by Crippen LogP contribution is 2.20. The molecule has 5 heteroatoms. The third kappa shape index (κ3) is 3.79. The highest BCUT2D eigenvalue weighted by molar-refractivity contribution is 5.97. The molecule has 0 radical (unpaired) electrons. The number of hydrogen-bond acceptors (Lipinski definition) is 3.